The van der Waals surface area contributed by atoms with Crippen molar-refractivity contribution in [1.29, 1.82) is 0 Å². The lowest BCUT2D eigenvalue weighted by molar-refractivity contribution is 0.145. The maximum absolute atomic E-state index is 12.2. The summed E-state index contributed by atoms with van der Waals surface area (Å²) < 4.78 is 44.5. The molecule has 0 bridgehead atoms. The van der Waals surface area contributed by atoms with E-state index in [1.165, 1.54) is 7.11 Å². The second-order valence-electron chi connectivity index (χ2n) is 8.31. The van der Waals surface area contributed by atoms with Crippen molar-refractivity contribution in [3.63, 3.8) is 0 Å². The molecule has 3 heterocycles. The minimum Gasteiger partial charge on any atom is -0.493 e. The van der Waals surface area contributed by atoms with Crippen LogP contribution in [0.15, 0.2) is 42.7 Å². The first-order valence-corrected chi connectivity index (χ1v) is 13.0. The second-order valence-corrected chi connectivity index (χ2v) is 10.1. The molecular weight excluding hydrogens is 472 g/mol. The van der Waals surface area contributed by atoms with Crippen molar-refractivity contribution in [3.05, 3.63) is 42.7 Å². The zero-order chi connectivity index (χ0) is 24.8. The molecule has 1 N–H and O–H groups in total. The predicted octanol–water partition coefficient (Wildman–Crippen LogP) is 2.83. The summed E-state index contributed by atoms with van der Waals surface area (Å²) in [7, 11) is -0.130. The summed E-state index contributed by atoms with van der Waals surface area (Å²) in [6.07, 6.45) is 6.21. The van der Waals surface area contributed by atoms with E-state index in [2.05, 4.69) is 36.6 Å². The topological polar surface area (TPSA) is 129 Å². The molecule has 12 heteroatoms. The van der Waals surface area contributed by atoms with Crippen LogP contribution in [0.5, 0.6) is 23.1 Å². The molecule has 186 valence electrons. The van der Waals surface area contributed by atoms with Gasteiger partial charge in [0.1, 0.15) is 0 Å². The van der Waals surface area contributed by atoms with E-state index in [-0.39, 0.29) is 35.0 Å². The summed E-state index contributed by atoms with van der Waals surface area (Å²) in [4.78, 5) is 19.5. The normalized spacial score (nSPS) is 16.5. The highest BCUT2D eigenvalue weighted by Crippen LogP contribution is 2.41. The lowest BCUT2D eigenvalue weighted by atomic mass is 10.00. The van der Waals surface area contributed by atoms with Gasteiger partial charge in [-0.15, -0.1) is 0 Å². The molecular formula is C23H28N6O5S. The van der Waals surface area contributed by atoms with Gasteiger partial charge in [0.25, 0.3) is 5.88 Å². The van der Waals surface area contributed by atoms with Crippen molar-refractivity contribution in [2.45, 2.75) is 12.8 Å². The van der Waals surface area contributed by atoms with E-state index in [1.807, 2.05) is 0 Å². The monoisotopic (exact) mass is 500 g/mol. The fourth-order valence-corrected chi connectivity index (χ4v) is 4.29. The Morgan fingerprint density at radius 1 is 1.09 bits per heavy atom. The van der Waals surface area contributed by atoms with Crippen LogP contribution in [0.4, 0.5) is 5.82 Å². The molecule has 1 aromatic carbocycles. The molecule has 2 aromatic heterocycles. The highest BCUT2D eigenvalue weighted by atomic mass is 32.2. The predicted molar refractivity (Wildman–Crippen MR) is 130 cm³/mol. The summed E-state index contributed by atoms with van der Waals surface area (Å²) in [5, 5.41) is 0. The van der Waals surface area contributed by atoms with Crippen molar-refractivity contribution in [1.82, 2.24) is 24.8 Å². The van der Waals surface area contributed by atoms with E-state index in [4.69, 9.17) is 14.2 Å². The van der Waals surface area contributed by atoms with Crippen LogP contribution in [-0.2, 0) is 10.0 Å². The molecule has 11 nitrogen and oxygen atoms in total. The number of hydrogen-bond acceptors (Lipinski definition) is 10. The van der Waals surface area contributed by atoms with Crippen LogP contribution in [0.25, 0.3) is 11.6 Å². The van der Waals surface area contributed by atoms with Crippen molar-refractivity contribution in [2.75, 3.05) is 44.8 Å². The van der Waals surface area contributed by atoms with Crippen molar-refractivity contribution >= 4 is 15.8 Å². The molecule has 1 saturated heterocycles. The standard InChI is InChI=1S/C23H28N6O5S/c1-29-13-6-8-16(14-29)15-33-23-19(34-18-10-5-4-9-17(18)32-2)20(28-35(3,30)31)26-22(27-23)21-24-11-7-12-25-21/h4-5,7,9-12,16H,6,8,13-15H2,1-3H3,(H,26,27,28). The third-order valence-electron chi connectivity index (χ3n) is 5.34. The van der Waals surface area contributed by atoms with Gasteiger partial charge in [0.15, 0.2) is 23.1 Å². The number of nitrogens with one attached hydrogen (secondary N) is 1. The Kier molecular flexibility index (Phi) is 7.61. The van der Waals surface area contributed by atoms with Gasteiger partial charge < -0.3 is 19.1 Å². The molecule has 0 saturated carbocycles. The zero-order valence-corrected chi connectivity index (χ0v) is 20.7. The third-order valence-corrected chi connectivity index (χ3v) is 5.91. The number of anilines is 1. The van der Waals surface area contributed by atoms with Crippen molar-refractivity contribution in [2.24, 2.45) is 5.92 Å². The summed E-state index contributed by atoms with van der Waals surface area (Å²) >= 11 is 0. The minimum absolute atomic E-state index is 0.0174. The smallest absolute Gasteiger partial charge is 0.263 e. The molecule has 0 amide bonds. The van der Waals surface area contributed by atoms with E-state index in [9.17, 15) is 8.42 Å². The van der Waals surface area contributed by atoms with E-state index < -0.39 is 10.0 Å². The SMILES string of the molecule is COc1ccccc1Oc1c(NS(C)(=O)=O)nc(-c2ncccn2)nc1OCC1CCCN(C)C1. The quantitative estimate of drug-likeness (QED) is 0.468. The average molecular weight is 501 g/mol. The maximum Gasteiger partial charge on any atom is 0.263 e. The Labute approximate surface area is 204 Å². The first kappa shape index (κ1) is 24.6. The Morgan fingerprint density at radius 2 is 1.83 bits per heavy atom. The number of aromatic nitrogens is 4. The van der Waals surface area contributed by atoms with Crippen LogP contribution >= 0.6 is 0 Å². The van der Waals surface area contributed by atoms with Crippen LogP contribution in [0.2, 0.25) is 0 Å². The molecule has 1 aliphatic rings. The molecule has 35 heavy (non-hydrogen) atoms. The Morgan fingerprint density at radius 3 is 2.51 bits per heavy atom. The number of ether oxygens (including phenoxy) is 3. The molecule has 0 spiro atoms. The Hall–Kier alpha value is -3.51. The number of likely N-dealkylation sites (tertiary alicyclic amines) is 1. The highest BCUT2D eigenvalue weighted by molar-refractivity contribution is 7.92. The molecule has 4 rings (SSSR count). The second kappa shape index (κ2) is 10.8. The fourth-order valence-electron chi connectivity index (χ4n) is 3.80. The summed E-state index contributed by atoms with van der Waals surface area (Å²) in [6, 6.07) is 8.65. The van der Waals surface area contributed by atoms with Gasteiger partial charge in [0.2, 0.25) is 21.6 Å². The first-order valence-electron chi connectivity index (χ1n) is 11.1. The number of hydrogen-bond donors (Lipinski definition) is 1. The number of rotatable bonds is 9. The Bertz CT molecular complexity index is 1260. The molecule has 1 aliphatic heterocycles. The molecule has 1 unspecified atom stereocenters. The van der Waals surface area contributed by atoms with E-state index in [0.717, 1.165) is 32.2 Å². The van der Waals surface area contributed by atoms with Crippen molar-refractivity contribution < 1.29 is 22.6 Å². The fraction of sp³-hybridized carbons (Fsp3) is 0.391. The number of piperidine rings is 1. The van der Waals surface area contributed by atoms with Gasteiger partial charge >= 0.3 is 0 Å². The van der Waals surface area contributed by atoms with Gasteiger partial charge in [0.05, 0.1) is 20.0 Å². The zero-order valence-electron chi connectivity index (χ0n) is 19.8. The van der Waals surface area contributed by atoms with Crippen LogP contribution < -0.4 is 18.9 Å². The van der Waals surface area contributed by atoms with Crippen LogP contribution in [0.3, 0.4) is 0 Å². The largest absolute Gasteiger partial charge is 0.493 e. The van der Waals surface area contributed by atoms with Gasteiger partial charge in [-0.1, -0.05) is 12.1 Å². The number of methoxy groups -OCH3 is 1. The first-order chi connectivity index (χ1) is 16.8. The van der Waals surface area contributed by atoms with Gasteiger partial charge in [-0.25, -0.2) is 23.4 Å². The van der Waals surface area contributed by atoms with E-state index >= 15 is 0 Å². The molecule has 1 atom stereocenters. The van der Waals surface area contributed by atoms with Gasteiger partial charge in [0, 0.05) is 24.9 Å². The van der Waals surface area contributed by atoms with Crippen LogP contribution in [0, 0.1) is 5.92 Å². The van der Waals surface area contributed by atoms with Gasteiger partial charge in [-0.3, -0.25) is 4.72 Å². The van der Waals surface area contributed by atoms with Gasteiger partial charge in [-0.05, 0) is 44.6 Å². The number of para-hydroxylation sites is 2. The number of nitrogens with zero attached hydrogens (tertiary/aromatic N) is 5. The molecule has 0 aliphatic carbocycles. The van der Waals surface area contributed by atoms with E-state index in [0.29, 0.717) is 18.1 Å². The number of sulfonamides is 1. The maximum atomic E-state index is 12.2. The molecule has 3 aromatic rings. The van der Waals surface area contributed by atoms with Crippen molar-refractivity contribution in [3.8, 4) is 34.8 Å². The third kappa shape index (κ3) is 6.55. The summed E-state index contributed by atoms with van der Waals surface area (Å²) in [6.45, 7) is 2.30. The molecule has 1 fully saturated rings. The lowest BCUT2D eigenvalue weighted by Crippen LogP contribution is -2.34. The van der Waals surface area contributed by atoms with Crippen LogP contribution in [-0.4, -0.2) is 73.4 Å². The Balaban J connectivity index is 1.79. The highest BCUT2D eigenvalue weighted by Gasteiger charge is 2.25. The van der Waals surface area contributed by atoms with Crippen LogP contribution in [0.1, 0.15) is 12.8 Å². The lowest BCUT2D eigenvalue weighted by Gasteiger charge is -2.29. The minimum atomic E-state index is -3.72. The number of benzene rings is 1. The summed E-state index contributed by atoms with van der Waals surface area (Å²) in [5.41, 5.74) is 0. The van der Waals surface area contributed by atoms with Gasteiger partial charge in [-0.2, -0.15) is 4.98 Å². The van der Waals surface area contributed by atoms with E-state index in [1.54, 1.807) is 42.7 Å². The summed E-state index contributed by atoms with van der Waals surface area (Å²) in [5.74, 6) is 1.40. The molecule has 0 radical (unpaired) electrons. The average Bonchev–Trinajstić information content (AvgIpc) is 2.84.